The molecule has 1 aliphatic heterocycles. The van der Waals surface area contributed by atoms with Crippen LogP contribution in [0.15, 0.2) is 23.1 Å². The van der Waals surface area contributed by atoms with Gasteiger partial charge in [-0.05, 0) is 62.9 Å². The van der Waals surface area contributed by atoms with Crippen molar-refractivity contribution in [3.05, 3.63) is 28.8 Å². The van der Waals surface area contributed by atoms with E-state index in [1.54, 1.807) is 16.4 Å². The highest BCUT2D eigenvalue weighted by molar-refractivity contribution is 7.89. The SMILES string of the molecule is CCCc1ccc(Cl)c(S(=O)(=O)N2CCC(CCNC)CC2)c1. The molecule has 0 radical (unpaired) electrons. The van der Waals surface area contributed by atoms with Gasteiger partial charge in [-0.2, -0.15) is 4.31 Å². The summed E-state index contributed by atoms with van der Waals surface area (Å²) in [5.41, 5.74) is 1.03. The molecule has 1 saturated heterocycles. The first-order valence-electron chi connectivity index (χ1n) is 8.42. The van der Waals surface area contributed by atoms with Crippen LogP contribution in [-0.4, -0.2) is 39.4 Å². The Morgan fingerprint density at radius 3 is 2.61 bits per heavy atom. The van der Waals surface area contributed by atoms with Crippen molar-refractivity contribution >= 4 is 21.6 Å². The number of piperidine rings is 1. The minimum atomic E-state index is -3.49. The van der Waals surface area contributed by atoms with E-state index >= 15 is 0 Å². The molecule has 1 aromatic rings. The minimum Gasteiger partial charge on any atom is -0.320 e. The Kier molecular flexibility index (Phi) is 6.89. The molecular formula is C17H27ClN2O2S. The lowest BCUT2D eigenvalue weighted by Gasteiger charge is -2.31. The highest BCUT2D eigenvalue weighted by Crippen LogP contribution is 2.30. The van der Waals surface area contributed by atoms with Crippen LogP contribution in [0.1, 0.15) is 38.2 Å². The van der Waals surface area contributed by atoms with E-state index < -0.39 is 10.0 Å². The summed E-state index contributed by atoms with van der Waals surface area (Å²) in [5.74, 6) is 0.607. The number of nitrogens with one attached hydrogen (secondary N) is 1. The molecule has 0 saturated carbocycles. The molecule has 1 heterocycles. The number of nitrogens with zero attached hydrogens (tertiary/aromatic N) is 1. The fourth-order valence-corrected chi connectivity index (χ4v) is 5.11. The van der Waals surface area contributed by atoms with E-state index in [1.807, 2.05) is 13.1 Å². The van der Waals surface area contributed by atoms with Gasteiger partial charge in [-0.1, -0.05) is 31.0 Å². The van der Waals surface area contributed by atoms with Gasteiger partial charge in [0.15, 0.2) is 0 Å². The van der Waals surface area contributed by atoms with Crippen molar-refractivity contribution in [3.8, 4) is 0 Å². The molecule has 0 spiro atoms. The van der Waals surface area contributed by atoms with Gasteiger partial charge in [0, 0.05) is 13.1 Å². The third-order valence-corrected chi connectivity index (χ3v) is 6.91. The van der Waals surface area contributed by atoms with E-state index in [-0.39, 0.29) is 4.90 Å². The Morgan fingerprint density at radius 2 is 2.00 bits per heavy atom. The van der Waals surface area contributed by atoms with Crippen molar-refractivity contribution < 1.29 is 8.42 Å². The lowest BCUT2D eigenvalue weighted by Crippen LogP contribution is -2.39. The lowest BCUT2D eigenvalue weighted by atomic mass is 9.95. The maximum absolute atomic E-state index is 12.9. The van der Waals surface area contributed by atoms with Gasteiger partial charge in [0.1, 0.15) is 4.90 Å². The van der Waals surface area contributed by atoms with Gasteiger partial charge < -0.3 is 5.32 Å². The number of rotatable bonds is 7. The third kappa shape index (κ3) is 4.69. The molecule has 2 rings (SSSR count). The van der Waals surface area contributed by atoms with Gasteiger partial charge in [-0.25, -0.2) is 8.42 Å². The van der Waals surface area contributed by atoms with Gasteiger partial charge in [0.05, 0.1) is 5.02 Å². The number of aryl methyl sites for hydroxylation is 1. The second-order valence-electron chi connectivity index (χ2n) is 6.25. The monoisotopic (exact) mass is 358 g/mol. The second-order valence-corrected chi connectivity index (χ2v) is 8.57. The molecular weight excluding hydrogens is 332 g/mol. The smallest absolute Gasteiger partial charge is 0.244 e. The van der Waals surface area contributed by atoms with Crippen LogP contribution in [0.3, 0.4) is 0 Å². The van der Waals surface area contributed by atoms with Gasteiger partial charge in [-0.15, -0.1) is 0 Å². The number of sulfonamides is 1. The average Bonchev–Trinajstić information content (AvgIpc) is 2.55. The fourth-order valence-electron chi connectivity index (χ4n) is 3.12. The number of hydrogen-bond acceptors (Lipinski definition) is 3. The standard InChI is InChI=1S/C17H27ClN2O2S/c1-3-4-15-5-6-16(18)17(13-15)23(21,22)20-11-8-14(9-12-20)7-10-19-2/h5-6,13-14,19H,3-4,7-12H2,1-2H3. The summed E-state index contributed by atoms with van der Waals surface area (Å²) in [5, 5.41) is 3.48. The summed E-state index contributed by atoms with van der Waals surface area (Å²) in [6, 6.07) is 5.36. The Balaban J connectivity index is 2.12. The molecule has 1 aromatic carbocycles. The summed E-state index contributed by atoms with van der Waals surface area (Å²) in [7, 11) is -1.54. The van der Waals surface area contributed by atoms with Crippen molar-refractivity contribution in [3.63, 3.8) is 0 Å². The van der Waals surface area contributed by atoms with Gasteiger partial charge in [-0.3, -0.25) is 0 Å². The van der Waals surface area contributed by atoms with Crippen LogP contribution in [-0.2, 0) is 16.4 Å². The highest BCUT2D eigenvalue weighted by atomic mass is 35.5. The van der Waals surface area contributed by atoms with E-state index in [1.165, 1.54) is 0 Å². The molecule has 1 N–H and O–H groups in total. The van der Waals surface area contributed by atoms with Crippen LogP contribution < -0.4 is 5.32 Å². The van der Waals surface area contributed by atoms with Crippen molar-refractivity contribution in [1.29, 1.82) is 0 Å². The maximum atomic E-state index is 12.9. The summed E-state index contributed by atoms with van der Waals surface area (Å²) in [4.78, 5) is 0.263. The molecule has 0 amide bonds. The van der Waals surface area contributed by atoms with Crippen LogP contribution in [0.4, 0.5) is 0 Å². The molecule has 130 valence electrons. The molecule has 23 heavy (non-hydrogen) atoms. The van der Waals surface area contributed by atoms with Crippen LogP contribution >= 0.6 is 11.6 Å². The Bertz CT molecular complexity index is 611. The number of hydrogen-bond donors (Lipinski definition) is 1. The molecule has 0 bridgehead atoms. The molecule has 1 fully saturated rings. The van der Waals surface area contributed by atoms with Crippen molar-refractivity contribution in [2.45, 2.75) is 43.9 Å². The zero-order chi connectivity index (χ0) is 16.9. The molecule has 1 aliphatic rings. The predicted molar refractivity (Wildman–Crippen MR) is 95.5 cm³/mol. The van der Waals surface area contributed by atoms with Crippen molar-refractivity contribution in [2.24, 2.45) is 5.92 Å². The van der Waals surface area contributed by atoms with Crippen molar-refractivity contribution in [1.82, 2.24) is 9.62 Å². The molecule has 4 nitrogen and oxygen atoms in total. The largest absolute Gasteiger partial charge is 0.320 e. The Labute approximate surface area is 145 Å². The van der Waals surface area contributed by atoms with Crippen LogP contribution in [0, 0.1) is 5.92 Å². The number of benzene rings is 1. The van der Waals surface area contributed by atoms with Crippen molar-refractivity contribution in [2.75, 3.05) is 26.7 Å². The average molecular weight is 359 g/mol. The van der Waals surface area contributed by atoms with Gasteiger partial charge in [0.25, 0.3) is 0 Å². The highest BCUT2D eigenvalue weighted by Gasteiger charge is 2.30. The molecule has 0 aliphatic carbocycles. The van der Waals surface area contributed by atoms with E-state index in [2.05, 4.69) is 12.2 Å². The summed E-state index contributed by atoms with van der Waals surface area (Å²) in [6.45, 7) is 4.25. The maximum Gasteiger partial charge on any atom is 0.244 e. The minimum absolute atomic E-state index is 0.263. The summed E-state index contributed by atoms with van der Waals surface area (Å²) < 4.78 is 27.4. The second kappa shape index (κ2) is 8.47. The third-order valence-electron chi connectivity index (χ3n) is 4.53. The van der Waals surface area contributed by atoms with Gasteiger partial charge >= 0.3 is 0 Å². The molecule has 0 atom stereocenters. The Morgan fingerprint density at radius 1 is 1.30 bits per heavy atom. The first kappa shape index (κ1) is 18.7. The van der Waals surface area contributed by atoms with E-state index in [0.717, 1.165) is 44.2 Å². The van der Waals surface area contributed by atoms with Crippen LogP contribution in [0.2, 0.25) is 5.02 Å². The molecule has 0 unspecified atom stereocenters. The first-order valence-corrected chi connectivity index (χ1v) is 10.2. The van der Waals surface area contributed by atoms with Gasteiger partial charge in [0.2, 0.25) is 10.0 Å². The zero-order valence-electron chi connectivity index (χ0n) is 14.0. The Hall–Kier alpha value is -0.620. The normalized spacial score (nSPS) is 17.5. The van der Waals surface area contributed by atoms with E-state index in [4.69, 9.17) is 11.6 Å². The quantitative estimate of drug-likeness (QED) is 0.813. The predicted octanol–water partition coefficient (Wildman–Crippen LogP) is 3.30. The molecule has 6 heteroatoms. The summed E-state index contributed by atoms with van der Waals surface area (Å²) >= 11 is 6.18. The van der Waals surface area contributed by atoms with E-state index in [9.17, 15) is 8.42 Å². The van der Waals surface area contributed by atoms with Crippen LogP contribution in [0.5, 0.6) is 0 Å². The lowest BCUT2D eigenvalue weighted by molar-refractivity contribution is 0.263. The zero-order valence-corrected chi connectivity index (χ0v) is 15.6. The number of halogens is 1. The van der Waals surface area contributed by atoms with E-state index in [0.29, 0.717) is 24.0 Å². The fraction of sp³-hybridized carbons (Fsp3) is 0.647. The van der Waals surface area contributed by atoms with Crippen LogP contribution in [0.25, 0.3) is 0 Å². The first-order chi connectivity index (χ1) is 11.0. The molecule has 0 aromatic heterocycles. The topological polar surface area (TPSA) is 49.4 Å². The summed E-state index contributed by atoms with van der Waals surface area (Å²) in [6.07, 6.45) is 4.81.